The summed E-state index contributed by atoms with van der Waals surface area (Å²) in [7, 11) is 0. The van der Waals surface area contributed by atoms with E-state index in [0.717, 1.165) is 42.6 Å². The lowest BCUT2D eigenvalue weighted by atomic mass is 9.77. The number of aromatic nitrogens is 2. The molecule has 0 radical (unpaired) electrons. The van der Waals surface area contributed by atoms with Crippen molar-refractivity contribution < 1.29 is 14.7 Å². The number of anilines is 1. The van der Waals surface area contributed by atoms with E-state index in [0.29, 0.717) is 23.1 Å². The zero-order valence-corrected chi connectivity index (χ0v) is 18.1. The summed E-state index contributed by atoms with van der Waals surface area (Å²) < 4.78 is 0. The Morgan fingerprint density at radius 1 is 0.938 bits per heavy atom. The SMILES string of the molecule is Cc1ccc(C(=O)Nc2ccc(-c3ccc(C4CCC(CC(=O)O)CC4)cc3)nc2)cn1. The zero-order chi connectivity index (χ0) is 22.5. The molecule has 6 heteroatoms. The van der Waals surface area contributed by atoms with E-state index in [4.69, 9.17) is 5.11 Å². The molecule has 1 amide bonds. The maximum Gasteiger partial charge on any atom is 0.303 e. The molecule has 1 saturated carbocycles. The number of rotatable bonds is 6. The molecule has 0 saturated heterocycles. The van der Waals surface area contributed by atoms with Gasteiger partial charge in [-0.15, -0.1) is 0 Å². The molecule has 0 spiro atoms. The maximum absolute atomic E-state index is 12.3. The third-order valence-corrected chi connectivity index (χ3v) is 6.18. The molecule has 0 unspecified atom stereocenters. The molecule has 1 aromatic carbocycles. The van der Waals surface area contributed by atoms with Gasteiger partial charge in [-0.05, 0) is 74.3 Å². The quantitative estimate of drug-likeness (QED) is 0.543. The first-order valence-corrected chi connectivity index (χ1v) is 11.0. The molecule has 32 heavy (non-hydrogen) atoms. The number of aryl methyl sites for hydroxylation is 1. The van der Waals surface area contributed by atoms with Crippen LogP contribution < -0.4 is 5.32 Å². The van der Waals surface area contributed by atoms with Crippen molar-refractivity contribution in [1.82, 2.24) is 9.97 Å². The topological polar surface area (TPSA) is 92.2 Å². The van der Waals surface area contributed by atoms with E-state index in [9.17, 15) is 9.59 Å². The summed E-state index contributed by atoms with van der Waals surface area (Å²) in [4.78, 5) is 31.9. The summed E-state index contributed by atoms with van der Waals surface area (Å²) >= 11 is 0. The van der Waals surface area contributed by atoms with Crippen molar-refractivity contribution in [1.29, 1.82) is 0 Å². The molecule has 0 bridgehead atoms. The Kier molecular flexibility index (Phi) is 6.59. The first-order chi connectivity index (χ1) is 15.5. The predicted octanol–water partition coefficient (Wildman–Crippen LogP) is 5.45. The van der Waals surface area contributed by atoms with Crippen LogP contribution >= 0.6 is 0 Å². The largest absolute Gasteiger partial charge is 0.481 e. The third kappa shape index (κ3) is 5.38. The molecule has 1 aliphatic carbocycles. The van der Waals surface area contributed by atoms with Gasteiger partial charge in [0, 0.05) is 23.9 Å². The molecule has 164 valence electrons. The zero-order valence-electron chi connectivity index (χ0n) is 18.1. The number of nitrogens with one attached hydrogen (secondary N) is 1. The smallest absolute Gasteiger partial charge is 0.303 e. The van der Waals surface area contributed by atoms with E-state index in [2.05, 4.69) is 39.6 Å². The molecule has 1 fully saturated rings. The Balaban J connectivity index is 1.36. The molecule has 2 heterocycles. The van der Waals surface area contributed by atoms with Gasteiger partial charge >= 0.3 is 5.97 Å². The van der Waals surface area contributed by atoms with Crippen LogP contribution in [0.1, 0.15) is 59.6 Å². The van der Waals surface area contributed by atoms with Crippen LogP contribution in [-0.2, 0) is 4.79 Å². The van der Waals surface area contributed by atoms with E-state index >= 15 is 0 Å². The van der Waals surface area contributed by atoms with Crippen LogP contribution in [0.25, 0.3) is 11.3 Å². The van der Waals surface area contributed by atoms with Gasteiger partial charge in [-0.3, -0.25) is 19.6 Å². The van der Waals surface area contributed by atoms with E-state index in [1.165, 1.54) is 5.56 Å². The number of amides is 1. The fraction of sp³-hybridized carbons (Fsp3) is 0.308. The van der Waals surface area contributed by atoms with Crippen molar-refractivity contribution in [3.05, 3.63) is 77.7 Å². The highest BCUT2D eigenvalue weighted by Gasteiger charge is 2.24. The van der Waals surface area contributed by atoms with Crippen molar-refractivity contribution in [2.24, 2.45) is 5.92 Å². The number of carboxylic acids is 1. The standard InChI is InChI=1S/C26H27N3O3/c1-17-2-5-22(15-27-17)26(32)29-23-12-13-24(28-16-23)21-10-8-20(9-11-21)19-6-3-18(4-7-19)14-25(30)31/h2,5,8-13,15-16,18-19H,3-4,6-7,14H2,1H3,(H,29,32)(H,30,31). The van der Waals surface area contributed by atoms with Gasteiger partial charge in [0.25, 0.3) is 5.91 Å². The van der Waals surface area contributed by atoms with Gasteiger partial charge in [-0.25, -0.2) is 0 Å². The highest BCUT2D eigenvalue weighted by molar-refractivity contribution is 6.04. The Morgan fingerprint density at radius 2 is 1.69 bits per heavy atom. The third-order valence-electron chi connectivity index (χ3n) is 6.18. The van der Waals surface area contributed by atoms with Gasteiger partial charge in [0.05, 0.1) is 23.1 Å². The van der Waals surface area contributed by atoms with Gasteiger partial charge in [0.1, 0.15) is 0 Å². The average Bonchev–Trinajstić information content (AvgIpc) is 2.80. The van der Waals surface area contributed by atoms with Crippen LogP contribution in [0.3, 0.4) is 0 Å². The lowest BCUT2D eigenvalue weighted by Crippen LogP contribution is -2.16. The summed E-state index contributed by atoms with van der Waals surface area (Å²) in [6, 6.07) is 15.8. The molecule has 4 rings (SSSR count). The number of hydrogen-bond donors (Lipinski definition) is 2. The summed E-state index contributed by atoms with van der Waals surface area (Å²) in [6.45, 7) is 1.88. The van der Waals surface area contributed by atoms with Gasteiger partial charge in [-0.1, -0.05) is 24.3 Å². The van der Waals surface area contributed by atoms with Crippen molar-refractivity contribution in [2.75, 3.05) is 5.32 Å². The Bertz CT molecular complexity index is 1070. The first kappa shape index (κ1) is 21.7. The second-order valence-corrected chi connectivity index (χ2v) is 8.51. The number of hydrogen-bond acceptors (Lipinski definition) is 4. The summed E-state index contributed by atoms with van der Waals surface area (Å²) in [5.74, 6) is -0.0954. The minimum atomic E-state index is -0.692. The van der Waals surface area contributed by atoms with Crippen molar-refractivity contribution in [3.8, 4) is 11.3 Å². The Hall–Kier alpha value is -3.54. The van der Waals surface area contributed by atoms with Gasteiger partial charge in [0.2, 0.25) is 0 Å². The molecule has 2 aromatic heterocycles. The Labute approximate surface area is 187 Å². The molecule has 0 atom stereocenters. The summed E-state index contributed by atoms with van der Waals surface area (Å²) in [5, 5.41) is 11.8. The highest BCUT2D eigenvalue weighted by Crippen LogP contribution is 2.37. The number of carbonyl (C=O) groups is 2. The van der Waals surface area contributed by atoms with Crippen molar-refractivity contribution in [3.63, 3.8) is 0 Å². The monoisotopic (exact) mass is 429 g/mol. The fourth-order valence-corrected chi connectivity index (χ4v) is 4.32. The van der Waals surface area contributed by atoms with Crippen molar-refractivity contribution in [2.45, 2.75) is 44.9 Å². The van der Waals surface area contributed by atoms with E-state index in [1.807, 2.05) is 25.1 Å². The minimum Gasteiger partial charge on any atom is -0.481 e. The fourth-order valence-electron chi connectivity index (χ4n) is 4.32. The molecule has 0 aliphatic heterocycles. The lowest BCUT2D eigenvalue weighted by Gasteiger charge is -2.28. The van der Waals surface area contributed by atoms with Crippen LogP contribution in [0.4, 0.5) is 5.69 Å². The molecule has 1 aliphatic rings. The predicted molar refractivity (Wildman–Crippen MR) is 124 cm³/mol. The number of nitrogens with zero attached hydrogens (tertiary/aromatic N) is 2. The van der Waals surface area contributed by atoms with Crippen LogP contribution in [0.2, 0.25) is 0 Å². The summed E-state index contributed by atoms with van der Waals surface area (Å²) in [5.41, 5.74) is 5.18. The van der Waals surface area contributed by atoms with Gasteiger partial charge in [-0.2, -0.15) is 0 Å². The van der Waals surface area contributed by atoms with Crippen molar-refractivity contribution >= 4 is 17.6 Å². The Morgan fingerprint density at radius 3 is 2.28 bits per heavy atom. The number of aliphatic carboxylic acids is 1. The molecular formula is C26H27N3O3. The number of carbonyl (C=O) groups excluding carboxylic acids is 1. The normalized spacial score (nSPS) is 18.2. The minimum absolute atomic E-state index is 0.213. The van der Waals surface area contributed by atoms with Crippen LogP contribution in [-0.4, -0.2) is 27.0 Å². The average molecular weight is 430 g/mol. The van der Waals surface area contributed by atoms with Gasteiger partial charge in [0.15, 0.2) is 0 Å². The molecule has 2 N–H and O–H groups in total. The molecule has 3 aromatic rings. The summed E-state index contributed by atoms with van der Waals surface area (Å²) in [6.07, 6.45) is 7.55. The number of benzene rings is 1. The van der Waals surface area contributed by atoms with E-state index in [1.54, 1.807) is 18.5 Å². The lowest BCUT2D eigenvalue weighted by molar-refractivity contribution is -0.138. The number of carboxylic acid groups (broad SMARTS) is 1. The van der Waals surface area contributed by atoms with Gasteiger partial charge < -0.3 is 10.4 Å². The molecule has 6 nitrogen and oxygen atoms in total. The van der Waals surface area contributed by atoms with E-state index < -0.39 is 5.97 Å². The second-order valence-electron chi connectivity index (χ2n) is 8.51. The van der Waals surface area contributed by atoms with Crippen LogP contribution in [0.15, 0.2) is 60.9 Å². The number of pyridine rings is 2. The van der Waals surface area contributed by atoms with Crippen LogP contribution in [0.5, 0.6) is 0 Å². The second kappa shape index (κ2) is 9.73. The molecular weight excluding hydrogens is 402 g/mol. The first-order valence-electron chi connectivity index (χ1n) is 11.0. The van der Waals surface area contributed by atoms with E-state index in [-0.39, 0.29) is 12.3 Å². The maximum atomic E-state index is 12.3. The highest BCUT2D eigenvalue weighted by atomic mass is 16.4. The van der Waals surface area contributed by atoms with Crippen LogP contribution in [0, 0.1) is 12.8 Å².